The third-order valence-corrected chi connectivity index (χ3v) is 4.31. The van der Waals surface area contributed by atoms with Crippen molar-refractivity contribution in [2.75, 3.05) is 11.9 Å². The van der Waals surface area contributed by atoms with Crippen molar-refractivity contribution in [1.82, 2.24) is 4.98 Å². The standard InChI is InChI=1S/C16H13N3O6S/c17-26(22,23)11-6-4-10(5-7-11)19-14(20)8-24-16(21)12-2-1-3-13-15(12)18-9-25-13/h1-7,9H,8H2,(H,19,20)(H2,17,22,23). The highest BCUT2D eigenvalue weighted by molar-refractivity contribution is 7.89. The number of anilines is 1. The maximum Gasteiger partial charge on any atom is 0.340 e. The minimum Gasteiger partial charge on any atom is -0.452 e. The van der Waals surface area contributed by atoms with Crippen molar-refractivity contribution >= 4 is 38.7 Å². The molecule has 0 aliphatic rings. The molecular formula is C16H13N3O6S. The quantitative estimate of drug-likeness (QED) is 0.640. The number of esters is 1. The third-order valence-electron chi connectivity index (χ3n) is 3.38. The third kappa shape index (κ3) is 3.87. The number of ether oxygens (including phenoxy) is 1. The van der Waals surface area contributed by atoms with Crippen molar-refractivity contribution in [3.05, 3.63) is 54.4 Å². The van der Waals surface area contributed by atoms with Crippen LogP contribution in [-0.4, -0.2) is 31.9 Å². The van der Waals surface area contributed by atoms with Crippen LogP contribution in [0, 0.1) is 0 Å². The Kier molecular flexibility index (Phi) is 4.69. The number of nitrogens with zero attached hydrogens (tertiary/aromatic N) is 1. The first-order chi connectivity index (χ1) is 12.3. The van der Waals surface area contributed by atoms with E-state index in [0.717, 1.165) is 0 Å². The van der Waals surface area contributed by atoms with Gasteiger partial charge in [-0.1, -0.05) is 6.07 Å². The first-order valence-electron chi connectivity index (χ1n) is 7.26. The highest BCUT2D eigenvalue weighted by Gasteiger charge is 2.16. The molecule has 0 saturated carbocycles. The molecule has 0 aliphatic carbocycles. The topological polar surface area (TPSA) is 142 Å². The van der Waals surface area contributed by atoms with Gasteiger partial charge in [-0.2, -0.15) is 0 Å². The van der Waals surface area contributed by atoms with Gasteiger partial charge in [-0.25, -0.2) is 23.3 Å². The van der Waals surface area contributed by atoms with E-state index in [-0.39, 0.29) is 10.5 Å². The summed E-state index contributed by atoms with van der Waals surface area (Å²) in [5.74, 6) is -1.31. The molecule has 0 bridgehead atoms. The van der Waals surface area contributed by atoms with Crippen LogP contribution >= 0.6 is 0 Å². The lowest BCUT2D eigenvalue weighted by Gasteiger charge is -2.07. The second kappa shape index (κ2) is 6.94. The number of fused-ring (bicyclic) bond motifs is 1. The van der Waals surface area contributed by atoms with E-state index in [9.17, 15) is 18.0 Å². The summed E-state index contributed by atoms with van der Waals surface area (Å²) >= 11 is 0. The van der Waals surface area contributed by atoms with Gasteiger partial charge in [-0.05, 0) is 36.4 Å². The molecule has 0 aliphatic heterocycles. The van der Waals surface area contributed by atoms with Crippen LogP contribution < -0.4 is 10.5 Å². The SMILES string of the molecule is NS(=O)(=O)c1ccc(NC(=O)COC(=O)c2cccc3ocnc23)cc1. The van der Waals surface area contributed by atoms with Gasteiger partial charge in [0, 0.05) is 5.69 Å². The molecule has 0 radical (unpaired) electrons. The van der Waals surface area contributed by atoms with Gasteiger partial charge in [0.05, 0.1) is 10.5 Å². The van der Waals surface area contributed by atoms with Gasteiger partial charge in [0.1, 0.15) is 5.52 Å². The van der Waals surface area contributed by atoms with Crippen LogP contribution in [0.5, 0.6) is 0 Å². The van der Waals surface area contributed by atoms with Crippen molar-refractivity contribution in [2.24, 2.45) is 5.14 Å². The number of hydrogen-bond acceptors (Lipinski definition) is 7. The molecule has 0 spiro atoms. The molecule has 0 unspecified atom stereocenters. The fourth-order valence-electron chi connectivity index (χ4n) is 2.19. The van der Waals surface area contributed by atoms with E-state index >= 15 is 0 Å². The number of nitrogens with two attached hydrogens (primary N) is 1. The molecular weight excluding hydrogens is 362 g/mol. The molecule has 9 nitrogen and oxygen atoms in total. The van der Waals surface area contributed by atoms with E-state index in [0.29, 0.717) is 16.8 Å². The van der Waals surface area contributed by atoms with Crippen LogP contribution in [0.2, 0.25) is 0 Å². The average molecular weight is 375 g/mol. The molecule has 3 rings (SSSR count). The Balaban J connectivity index is 1.60. The number of carbonyl (C=O) groups is 2. The number of hydrogen-bond donors (Lipinski definition) is 2. The second-order valence-corrected chi connectivity index (χ2v) is 6.76. The lowest BCUT2D eigenvalue weighted by atomic mass is 10.2. The lowest BCUT2D eigenvalue weighted by Crippen LogP contribution is -2.21. The Labute approximate surface area is 147 Å². The summed E-state index contributed by atoms with van der Waals surface area (Å²) in [7, 11) is -3.81. The van der Waals surface area contributed by atoms with Gasteiger partial charge in [-0.3, -0.25) is 4.79 Å². The molecule has 1 heterocycles. The Morgan fingerprint density at radius 1 is 1.15 bits per heavy atom. The fourth-order valence-corrected chi connectivity index (χ4v) is 2.70. The van der Waals surface area contributed by atoms with Crippen molar-refractivity contribution in [3.8, 4) is 0 Å². The summed E-state index contributed by atoms with van der Waals surface area (Å²) in [6.45, 7) is -0.524. The number of oxazole rings is 1. The van der Waals surface area contributed by atoms with Crippen LogP contribution in [0.25, 0.3) is 11.1 Å². The maximum absolute atomic E-state index is 12.1. The van der Waals surface area contributed by atoms with Gasteiger partial charge >= 0.3 is 5.97 Å². The maximum atomic E-state index is 12.1. The van der Waals surface area contributed by atoms with Crippen molar-refractivity contribution in [3.63, 3.8) is 0 Å². The summed E-state index contributed by atoms with van der Waals surface area (Å²) in [4.78, 5) is 27.8. The average Bonchev–Trinajstić information content (AvgIpc) is 3.08. The number of sulfonamides is 1. The minimum absolute atomic E-state index is 0.0809. The van der Waals surface area contributed by atoms with Crippen LogP contribution in [0.3, 0.4) is 0 Å². The van der Waals surface area contributed by atoms with E-state index in [2.05, 4.69) is 10.3 Å². The van der Waals surface area contributed by atoms with Crippen LogP contribution in [0.15, 0.2) is 58.2 Å². The molecule has 10 heteroatoms. The summed E-state index contributed by atoms with van der Waals surface area (Å²) < 4.78 is 32.4. The smallest absolute Gasteiger partial charge is 0.340 e. The number of amides is 1. The predicted molar refractivity (Wildman–Crippen MR) is 90.7 cm³/mol. The number of rotatable bonds is 5. The summed E-state index contributed by atoms with van der Waals surface area (Å²) in [6, 6.07) is 10.0. The normalized spacial score (nSPS) is 11.3. The van der Waals surface area contributed by atoms with Gasteiger partial charge in [0.2, 0.25) is 10.0 Å². The first-order valence-corrected chi connectivity index (χ1v) is 8.81. The van der Waals surface area contributed by atoms with Crippen molar-refractivity contribution in [2.45, 2.75) is 4.90 Å². The van der Waals surface area contributed by atoms with Crippen LogP contribution in [0.1, 0.15) is 10.4 Å². The Morgan fingerprint density at radius 2 is 1.88 bits per heavy atom. The number of aromatic nitrogens is 1. The molecule has 2 aromatic carbocycles. The molecule has 0 fully saturated rings. The zero-order valence-corrected chi connectivity index (χ0v) is 14.0. The van der Waals surface area contributed by atoms with Gasteiger partial charge < -0.3 is 14.5 Å². The van der Waals surface area contributed by atoms with Crippen molar-refractivity contribution < 1.29 is 27.2 Å². The highest BCUT2D eigenvalue weighted by Crippen LogP contribution is 2.18. The second-order valence-electron chi connectivity index (χ2n) is 5.20. The minimum atomic E-state index is -3.81. The molecule has 1 aromatic heterocycles. The zero-order valence-electron chi connectivity index (χ0n) is 13.2. The number of carbonyl (C=O) groups excluding carboxylic acids is 2. The van der Waals surface area contributed by atoms with Gasteiger partial charge in [0.15, 0.2) is 18.6 Å². The summed E-state index contributed by atoms with van der Waals surface area (Å²) in [5.41, 5.74) is 1.29. The molecule has 134 valence electrons. The number of primary sulfonamides is 1. The zero-order chi connectivity index (χ0) is 18.7. The number of benzene rings is 2. The largest absolute Gasteiger partial charge is 0.452 e. The Morgan fingerprint density at radius 3 is 2.58 bits per heavy atom. The Bertz CT molecular complexity index is 1070. The lowest BCUT2D eigenvalue weighted by molar-refractivity contribution is -0.119. The molecule has 3 N–H and O–H groups in total. The first kappa shape index (κ1) is 17.6. The Hall–Kier alpha value is -3.24. The molecule has 0 saturated heterocycles. The summed E-state index contributed by atoms with van der Waals surface area (Å²) in [6.07, 6.45) is 1.21. The van der Waals surface area contributed by atoms with E-state index in [4.69, 9.17) is 14.3 Å². The summed E-state index contributed by atoms with van der Waals surface area (Å²) in [5, 5.41) is 7.47. The number of nitrogens with one attached hydrogen (secondary N) is 1. The van der Waals surface area contributed by atoms with Crippen molar-refractivity contribution in [1.29, 1.82) is 0 Å². The van der Waals surface area contributed by atoms with E-state index in [1.54, 1.807) is 12.1 Å². The van der Waals surface area contributed by atoms with E-state index in [1.807, 2.05) is 0 Å². The van der Waals surface area contributed by atoms with Crippen LogP contribution in [0.4, 0.5) is 5.69 Å². The molecule has 26 heavy (non-hydrogen) atoms. The number of para-hydroxylation sites is 1. The highest BCUT2D eigenvalue weighted by atomic mass is 32.2. The molecule has 0 atom stereocenters. The van der Waals surface area contributed by atoms with Gasteiger partial charge in [0.25, 0.3) is 5.91 Å². The molecule has 3 aromatic rings. The molecule has 1 amide bonds. The fraction of sp³-hybridized carbons (Fsp3) is 0.0625. The van der Waals surface area contributed by atoms with E-state index < -0.39 is 28.5 Å². The monoisotopic (exact) mass is 375 g/mol. The predicted octanol–water partition coefficient (Wildman–Crippen LogP) is 1.27. The van der Waals surface area contributed by atoms with E-state index in [1.165, 1.54) is 36.7 Å². The van der Waals surface area contributed by atoms with Crippen LogP contribution in [-0.2, 0) is 19.6 Å². The van der Waals surface area contributed by atoms with Gasteiger partial charge in [-0.15, -0.1) is 0 Å².